The molecule has 0 fully saturated rings. The topological polar surface area (TPSA) is 42.7 Å². The van der Waals surface area contributed by atoms with E-state index in [1.54, 1.807) is 4.68 Å². The van der Waals surface area contributed by atoms with E-state index in [0.29, 0.717) is 15.7 Å². The molecular formula is C13H16BrClN4. The highest BCUT2D eigenvalue weighted by Gasteiger charge is 2.14. The molecule has 1 heterocycles. The molecule has 0 unspecified atom stereocenters. The van der Waals surface area contributed by atoms with Gasteiger partial charge in [0.15, 0.2) is 4.60 Å². The van der Waals surface area contributed by atoms with Crippen LogP contribution in [0.15, 0.2) is 22.8 Å². The van der Waals surface area contributed by atoms with Gasteiger partial charge >= 0.3 is 0 Å². The third-order valence-corrected chi connectivity index (χ3v) is 3.64. The second-order valence-corrected chi connectivity index (χ2v) is 5.86. The van der Waals surface area contributed by atoms with E-state index in [4.69, 9.17) is 11.6 Å². The van der Waals surface area contributed by atoms with Crippen molar-refractivity contribution in [2.24, 2.45) is 7.05 Å². The maximum Gasteiger partial charge on any atom is 0.156 e. The maximum absolute atomic E-state index is 6.36. The van der Waals surface area contributed by atoms with Crippen LogP contribution in [0.5, 0.6) is 0 Å². The number of halogens is 2. The average Bonchev–Trinajstić information content (AvgIpc) is 2.67. The number of aryl methyl sites for hydroxylation is 1. The van der Waals surface area contributed by atoms with Crippen molar-refractivity contribution < 1.29 is 0 Å². The van der Waals surface area contributed by atoms with Gasteiger partial charge in [0.2, 0.25) is 0 Å². The number of hydrogen-bond donors (Lipinski definition) is 1. The summed E-state index contributed by atoms with van der Waals surface area (Å²) in [5, 5.41) is 12.0. The van der Waals surface area contributed by atoms with Gasteiger partial charge in [0, 0.05) is 25.2 Å². The highest BCUT2D eigenvalue weighted by molar-refractivity contribution is 9.10. The van der Waals surface area contributed by atoms with Gasteiger partial charge in [-0.05, 0) is 27.6 Å². The fourth-order valence-corrected chi connectivity index (χ4v) is 2.63. The zero-order chi connectivity index (χ0) is 14.0. The lowest BCUT2D eigenvalue weighted by Crippen LogP contribution is -2.21. The van der Waals surface area contributed by atoms with Gasteiger partial charge in [-0.15, -0.1) is 5.10 Å². The highest BCUT2D eigenvalue weighted by Crippen LogP contribution is 2.32. The van der Waals surface area contributed by atoms with Crippen LogP contribution in [0, 0.1) is 0 Å². The van der Waals surface area contributed by atoms with Crippen LogP contribution in [0.3, 0.4) is 0 Å². The molecule has 0 saturated carbocycles. The third kappa shape index (κ3) is 3.35. The summed E-state index contributed by atoms with van der Waals surface area (Å²) in [6.45, 7) is 5.05. The van der Waals surface area contributed by atoms with E-state index >= 15 is 0 Å². The SMILES string of the molecule is CC(C)NCc1ccc(-c2c(Br)nnn2C)c(Cl)c1. The Morgan fingerprint density at radius 3 is 2.68 bits per heavy atom. The van der Waals surface area contributed by atoms with Crippen LogP contribution < -0.4 is 5.32 Å². The Morgan fingerprint density at radius 1 is 1.42 bits per heavy atom. The Labute approximate surface area is 126 Å². The Morgan fingerprint density at radius 2 is 2.16 bits per heavy atom. The number of rotatable bonds is 4. The predicted molar refractivity (Wildman–Crippen MR) is 81.1 cm³/mol. The molecule has 1 N–H and O–H groups in total. The number of nitrogens with zero attached hydrogens (tertiary/aromatic N) is 3. The average molecular weight is 344 g/mol. The monoisotopic (exact) mass is 342 g/mol. The first-order chi connectivity index (χ1) is 8.99. The molecule has 4 nitrogen and oxygen atoms in total. The molecule has 0 bridgehead atoms. The molecule has 0 atom stereocenters. The molecule has 0 aliphatic rings. The molecule has 2 rings (SSSR count). The van der Waals surface area contributed by atoms with Crippen molar-refractivity contribution in [1.82, 2.24) is 20.3 Å². The van der Waals surface area contributed by atoms with Crippen molar-refractivity contribution >= 4 is 27.5 Å². The number of aromatic nitrogens is 3. The van der Waals surface area contributed by atoms with E-state index in [2.05, 4.69) is 51.5 Å². The first kappa shape index (κ1) is 14.5. The fraction of sp³-hybridized carbons (Fsp3) is 0.385. The molecule has 0 aliphatic heterocycles. The Hall–Kier alpha value is -0.910. The molecule has 1 aromatic heterocycles. The summed E-state index contributed by atoms with van der Waals surface area (Å²) in [5.41, 5.74) is 2.97. The van der Waals surface area contributed by atoms with Crippen LogP contribution >= 0.6 is 27.5 Å². The summed E-state index contributed by atoms with van der Waals surface area (Å²) in [5.74, 6) is 0. The predicted octanol–water partition coefficient (Wildman–Crippen LogP) is 3.40. The van der Waals surface area contributed by atoms with Crippen LogP contribution in [0.1, 0.15) is 19.4 Å². The molecule has 0 saturated heterocycles. The molecule has 6 heteroatoms. The fourth-order valence-electron chi connectivity index (χ4n) is 1.80. The first-order valence-corrected chi connectivity index (χ1v) is 7.23. The Bertz CT molecular complexity index is 561. The molecule has 0 aliphatic carbocycles. The van der Waals surface area contributed by atoms with Crippen molar-refractivity contribution in [2.75, 3.05) is 0 Å². The molecule has 19 heavy (non-hydrogen) atoms. The van der Waals surface area contributed by atoms with E-state index in [9.17, 15) is 0 Å². The number of benzene rings is 1. The maximum atomic E-state index is 6.36. The minimum absolute atomic E-state index is 0.453. The smallest absolute Gasteiger partial charge is 0.156 e. The minimum atomic E-state index is 0.453. The van der Waals surface area contributed by atoms with E-state index in [1.165, 1.54) is 0 Å². The van der Waals surface area contributed by atoms with Crippen LogP contribution in [0.4, 0.5) is 0 Å². The van der Waals surface area contributed by atoms with E-state index in [-0.39, 0.29) is 0 Å². The first-order valence-electron chi connectivity index (χ1n) is 6.06. The number of nitrogens with one attached hydrogen (secondary N) is 1. The van der Waals surface area contributed by atoms with Crippen molar-refractivity contribution in [3.63, 3.8) is 0 Å². The lowest BCUT2D eigenvalue weighted by molar-refractivity contribution is 0.589. The quantitative estimate of drug-likeness (QED) is 0.925. The minimum Gasteiger partial charge on any atom is -0.310 e. The van der Waals surface area contributed by atoms with E-state index < -0.39 is 0 Å². The van der Waals surface area contributed by atoms with Gasteiger partial charge in [-0.2, -0.15) is 0 Å². The van der Waals surface area contributed by atoms with Gasteiger partial charge in [0.05, 0.1) is 5.02 Å². The summed E-state index contributed by atoms with van der Waals surface area (Å²) >= 11 is 9.75. The van der Waals surface area contributed by atoms with Gasteiger partial charge in [-0.3, -0.25) is 0 Å². The van der Waals surface area contributed by atoms with Crippen LogP contribution in [-0.2, 0) is 13.6 Å². The Kier molecular flexibility index (Phi) is 4.60. The molecule has 1 aromatic carbocycles. The number of hydrogen-bond acceptors (Lipinski definition) is 3. The molecule has 0 radical (unpaired) electrons. The van der Waals surface area contributed by atoms with Gasteiger partial charge in [-0.1, -0.05) is 42.8 Å². The Balaban J connectivity index is 2.30. The largest absolute Gasteiger partial charge is 0.310 e. The van der Waals surface area contributed by atoms with Gasteiger partial charge < -0.3 is 5.32 Å². The summed E-state index contributed by atoms with van der Waals surface area (Å²) in [4.78, 5) is 0. The third-order valence-electron chi connectivity index (χ3n) is 2.79. The molecule has 2 aromatic rings. The van der Waals surface area contributed by atoms with Crippen LogP contribution in [0.25, 0.3) is 11.3 Å². The molecule has 102 valence electrons. The second-order valence-electron chi connectivity index (χ2n) is 4.70. The lowest BCUT2D eigenvalue weighted by Gasteiger charge is -2.10. The normalized spacial score (nSPS) is 11.3. The lowest BCUT2D eigenvalue weighted by atomic mass is 10.1. The summed E-state index contributed by atoms with van der Waals surface area (Å²) in [7, 11) is 1.84. The standard InChI is InChI=1S/C13H16BrClN4/c1-8(2)16-7-9-4-5-10(11(15)6-9)12-13(14)17-18-19(12)3/h4-6,8,16H,7H2,1-3H3. The molecular weight excluding hydrogens is 328 g/mol. The van der Waals surface area contributed by atoms with Crippen molar-refractivity contribution in [2.45, 2.75) is 26.4 Å². The summed E-state index contributed by atoms with van der Waals surface area (Å²) in [6, 6.07) is 6.50. The van der Waals surface area contributed by atoms with Crippen molar-refractivity contribution in [3.8, 4) is 11.3 Å². The second kappa shape index (κ2) is 6.03. The van der Waals surface area contributed by atoms with Gasteiger partial charge in [0.1, 0.15) is 5.69 Å². The van der Waals surface area contributed by atoms with Gasteiger partial charge in [-0.25, -0.2) is 4.68 Å². The highest BCUT2D eigenvalue weighted by atomic mass is 79.9. The van der Waals surface area contributed by atoms with E-state index in [0.717, 1.165) is 23.4 Å². The van der Waals surface area contributed by atoms with E-state index in [1.807, 2.05) is 19.2 Å². The summed E-state index contributed by atoms with van der Waals surface area (Å²) in [6.07, 6.45) is 0. The van der Waals surface area contributed by atoms with Crippen molar-refractivity contribution in [3.05, 3.63) is 33.4 Å². The summed E-state index contributed by atoms with van der Waals surface area (Å²) < 4.78 is 2.40. The van der Waals surface area contributed by atoms with Crippen LogP contribution in [-0.4, -0.2) is 21.0 Å². The molecule has 0 amide bonds. The zero-order valence-electron chi connectivity index (χ0n) is 11.1. The van der Waals surface area contributed by atoms with Gasteiger partial charge in [0.25, 0.3) is 0 Å². The van der Waals surface area contributed by atoms with Crippen molar-refractivity contribution in [1.29, 1.82) is 0 Å². The van der Waals surface area contributed by atoms with Crippen LogP contribution in [0.2, 0.25) is 5.02 Å². The zero-order valence-corrected chi connectivity index (χ0v) is 13.5. The molecule has 0 spiro atoms.